The first kappa shape index (κ1) is 13.8. The highest BCUT2D eigenvalue weighted by atomic mass is 35.5. The summed E-state index contributed by atoms with van der Waals surface area (Å²) in [7, 11) is 1.72. The Balaban J connectivity index is 2.31. The number of benzene rings is 1. The van der Waals surface area contributed by atoms with Crippen molar-refractivity contribution in [1.82, 2.24) is 0 Å². The number of hydrogen-bond donors (Lipinski definition) is 1. The first-order chi connectivity index (χ1) is 8.99. The largest absolute Gasteiger partial charge is 0.478 e. The minimum Gasteiger partial charge on any atom is -0.478 e. The molecular weight excluding hydrogens is 289 g/mol. The van der Waals surface area contributed by atoms with Gasteiger partial charge in [0.25, 0.3) is 0 Å². The molecule has 1 aromatic carbocycles. The Labute approximate surface area is 118 Å². The maximum Gasteiger partial charge on any atom is 0.340 e. The zero-order valence-electron chi connectivity index (χ0n) is 10.1. The predicted octanol–water partition coefficient (Wildman–Crippen LogP) is 3.88. The Morgan fingerprint density at radius 1 is 1.42 bits per heavy atom. The van der Waals surface area contributed by atoms with Crippen molar-refractivity contribution in [3.05, 3.63) is 50.9 Å². The Bertz CT molecular complexity index is 614. The van der Waals surface area contributed by atoms with E-state index in [1.165, 1.54) is 17.4 Å². The van der Waals surface area contributed by atoms with Crippen LogP contribution in [-0.4, -0.2) is 18.1 Å². The Kier molecular flexibility index (Phi) is 4.07. The van der Waals surface area contributed by atoms with Crippen LogP contribution in [0.3, 0.4) is 0 Å². The highest BCUT2D eigenvalue weighted by Gasteiger charge is 2.18. The van der Waals surface area contributed by atoms with Crippen molar-refractivity contribution in [3.8, 4) is 0 Å². The second kappa shape index (κ2) is 5.59. The molecule has 1 aromatic heterocycles. The standard InChI is InChI=1S/C13H11ClFNO2S/c1-16(7-8-5-6-11(14)19-8)10-4-2-3-9(15)12(10)13(17)18/h2-6H,7H2,1H3,(H,17,18). The van der Waals surface area contributed by atoms with Crippen molar-refractivity contribution in [3.63, 3.8) is 0 Å². The number of hydrogen-bond acceptors (Lipinski definition) is 3. The molecule has 0 fully saturated rings. The van der Waals surface area contributed by atoms with Crippen molar-refractivity contribution >= 4 is 34.6 Å². The Morgan fingerprint density at radius 2 is 2.16 bits per heavy atom. The van der Waals surface area contributed by atoms with E-state index >= 15 is 0 Å². The lowest BCUT2D eigenvalue weighted by atomic mass is 10.1. The Morgan fingerprint density at radius 3 is 2.74 bits per heavy atom. The number of nitrogens with zero attached hydrogens (tertiary/aromatic N) is 1. The lowest BCUT2D eigenvalue weighted by Crippen LogP contribution is -2.19. The normalized spacial score (nSPS) is 10.5. The average Bonchev–Trinajstić information content (AvgIpc) is 2.73. The molecule has 2 rings (SSSR count). The van der Waals surface area contributed by atoms with Crippen LogP contribution in [0.15, 0.2) is 30.3 Å². The number of carbonyl (C=O) groups is 1. The topological polar surface area (TPSA) is 40.5 Å². The molecule has 3 nitrogen and oxygen atoms in total. The quantitative estimate of drug-likeness (QED) is 0.931. The summed E-state index contributed by atoms with van der Waals surface area (Å²) in [6, 6.07) is 7.86. The highest BCUT2D eigenvalue weighted by molar-refractivity contribution is 7.16. The van der Waals surface area contributed by atoms with Gasteiger partial charge in [-0.25, -0.2) is 9.18 Å². The van der Waals surface area contributed by atoms with Crippen LogP contribution in [0.2, 0.25) is 4.34 Å². The smallest absolute Gasteiger partial charge is 0.340 e. The maximum atomic E-state index is 13.6. The molecule has 6 heteroatoms. The molecule has 19 heavy (non-hydrogen) atoms. The van der Waals surface area contributed by atoms with Crippen LogP contribution < -0.4 is 4.90 Å². The summed E-state index contributed by atoms with van der Waals surface area (Å²) in [5.74, 6) is -2.01. The molecule has 0 spiro atoms. The van der Waals surface area contributed by atoms with E-state index < -0.39 is 11.8 Å². The van der Waals surface area contributed by atoms with Gasteiger partial charge < -0.3 is 10.0 Å². The molecule has 0 saturated carbocycles. The summed E-state index contributed by atoms with van der Waals surface area (Å²) >= 11 is 7.25. The Hall–Kier alpha value is -1.59. The van der Waals surface area contributed by atoms with Gasteiger partial charge in [0.15, 0.2) is 0 Å². The van der Waals surface area contributed by atoms with Gasteiger partial charge in [0.1, 0.15) is 11.4 Å². The monoisotopic (exact) mass is 299 g/mol. The first-order valence-electron chi connectivity index (χ1n) is 5.46. The first-order valence-corrected chi connectivity index (χ1v) is 6.65. The summed E-state index contributed by atoms with van der Waals surface area (Å²) in [4.78, 5) is 13.8. The molecule has 0 aliphatic heterocycles. The molecule has 0 amide bonds. The summed E-state index contributed by atoms with van der Waals surface area (Å²) in [5, 5.41) is 9.08. The minimum atomic E-state index is -1.27. The van der Waals surface area contributed by atoms with E-state index in [1.807, 2.05) is 6.07 Å². The third kappa shape index (κ3) is 3.05. The molecule has 1 N–H and O–H groups in total. The number of carboxylic acids is 1. The van der Waals surface area contributed by atoms with Gasteiger partial charge in [0.05, 0.1) is 16.6 Å². The molecule has 100 valence electrons. The molecule has 0 aliphatic carbocycles. The summed E-state index contributed by atoms with van der Waals surface area (Å²) < 4.78 is 14.2. The van der Waals surface area contributed by atoms with Crippen molar-refractivity contribution in [2.24, 2.45) is 0 Å². The van der Waals surface area contributed by atoms with Gasteiger partial charge in [-0.2, -0.15) is 0 Å². The lowest BCUT2D eigenvalue weighted by molar-refractivity contribution is 0.0692. The lowest BCUT2D eigenvalue weighted by Gasteiger charge is -2.20. The van der Waals surface area contributed by atoms with Gasteiger partial charge in [-0.15, -0.1) is 11.3 Å². The fourth-order valence-corrected chi connectivity index (χ4v) is 2.94. The van der Waals surface area contributed by atoms with E-state index in [4.69, 9.17) is 16.7 Å². The van der Waals surface area contributed by atoms with Crippen molar-refractivity contribution in [1.29, 1.82) is 0 Å². The van der Waals surface area contributed by atoms with Crippen molar-refractivity contribution < 1.29 is 14.3 Å². The average molecular weight is 300 g/mol. The molecule has 0 atom stereocenters. The number of carboxylic acid groups (broad SMARTS) is 1. The van der Waals surface area contributed by atoms with Gasteiger partial charge >= 0.3 is 5.97 Å². The van der Waals surface area contributed by atoms with Crippen LogP contribution in [0.4, 0.5) is 10.1 Å². The zero-order chi connectivity index (χ0) is 14.0. The number of rotatable bonds is 4. The fourth-order valence-electron chi connectivity index (χ4n) is 1.80. The second-order valence-corrected chi connectivity index (χ2v) is 5.80. The molecular formula is C13H11ClFNO2S. The molecule has 0 saturated heterocycles. The maximum absolute atomic E-state index is 13.6. The summed E-state index contributed by atoms with van der Waals surface area (Å²) in [6.45, 7) is 0.473. The van der Waals surface area contributed by atoms with Gasteiger partial charge in [-0.1, -0.05) is 17.7 Å². The van der Waals surface area contributed by atoms with Crippen LogP contribution in [0.1, 0.15) is 15.2 Å². The summed E-state index contributed by atoms with van der Waals surface area (Å²) in [5.41, 5.74) is 0.0321. The highest BCUT2D eigenvalue weighted by Crippen LogP contribution is 2.27. The van der Waals surface area contributed by atoms with Crippen LogP contribution >= 0.6 is 22.9 Å². The van der Waals surface area contributed by atoms with E-state index in [2.05, 4.69) is 0 Å². The minimum absolute atomic E-state index is 0.312. The number of aromatic carboxylic acids is 1. The third-order valence-corrected chi connectivity index (χ3v) is 3.85. The van der Waals surface area contributed by atoms with E-state index in [9.17, 15) is 9.18 Å². The molecule has 0 unspecified atom stereocenters. The number of thiophene rings is 1. The van der Waals surface area contributed by atoms with Gasteiger partial charge in [-0.3, -0.25) is 0 Å². The summed E-state index contributed by atoms with van der Waals surface area (Å²) in [6.07, 6.45) is 0. The number of anilines is 1. The number of halogens is 2. The fraction of sp³-hybridized carbons (Fsp3) is 0.154. The van der Waals surface area contributed by atoms with E-state index in [1.54, 1.807) is 24.1 Å². The van der Waals surface area contributed by atoms with Gasteiger partial charge in [-0.05, 0) is 24.3 Å². The van der Waals surface area contributed by atoms with E-state index in [-0.39, 0.29) is 5.56 Å². The van der Waals surface area contributed by atoms with Crippen LogP contribution in [0.5, 0.6) is 0 Å². The zero-order valence-corrected chi connectivity index (χ0v) is 11.6. The van der Waals surface area contributed by atoms with Crippen molar-refractivity contribution in [2.45, 2.75) is 6.54 Å². The van der Waals surface area contributed by atoms with E-state index in [0.29, 0.717) is 16.6 Å². The third-order valence-electron chi connectivity index (χ3n) is 2.64. The molecule has 0 aliphatic rings. The molecule has 2 aromatic rings. The van der Waals surface area contributed by atoms with Crippen LogP contribution in [-0.2, 0) is 6.54 Å². The van der Waals surface area contributed by atoms with Crippen LogP contribution in [0, 0.1) is 5.82 Å². The van der Waals surface area contributed by atoms with Crippen molar-refractivity contribution in [2.75, 3.05) is 11.9 Å². The van der Waals surface area contributed by atoms with E-state index in [0.717, 1.165) is 10.9 Å². The molecule has 0 bridgehead atoms. The van der Waals surface area contributed by atoms with Crippen LogP contribution in [0.25, 0.3) is 0 Å². The SMILES string of the molecule is CN(Cc1ccc(Cl)s1)c1cccc(F)c1C(=O)O. The predicted molar refractivity (Wildman–Crippen MR) is 74.8 cm³/mol. The van der Waals surface area contributed by atoms with Gasteiger partial charge in [0, 0.05) is 11.9 Å². The molecule has 0 radical (unpaired) electrons. The van der Waals surface area contributed by atoms with Gasteiger partial charge in [0.2, 0.25) is 0 Å². The second-order valence-electron chi connectivity index (χ2n) is 4.00. The molecule has 1 heterocycles.